The van der Waals surface area contributed by atoms with Gasteiger partial charge < -0.3 is 14.5 Å². The first-order chi connectivity index (χ1) is 15.3. The maximum absolute atomic E-state index is 13.1. The molecule has 0 radical (unpaired) electrons. The Bertz CT molecular complexity index is 1340. The van der Waals surface area contributed by atoms with E-state index < -0.39 is 18.1 Å². The van der Waals surface area contributed by atoms with Gasteiger partial charge in [0.25, 0.3) is 11.8 Å². The number of nitrogens with zero attached hydrogens (tertiary/aromatic N) is 3. The number of aromatic nitrogens is 5. The molecule has 0 saturated carbocycles. The van der Waals surface area contributed by atoms with Crippen LogP contribution in [0.15, 0.2) is 36.4 Å². The Morgan fingerprint density at radius 3 is 2.56 bits per heavy atom. The number of amides is 2. The molecule has 32 heavy (non-hydrogen) atoms. The monoisotopic (exact) mass is 461 g/mol. The SMILES string of the molecule is O=C(Nc1nc2cc3c(cc2[nH]1)OC(F)(F)O3)c1nc(NC(=O)c2ccccc2Cl)n[nH]1. The Balaban J connectivity index is 1.29. The Hall–Kier alpha value is -4.26. The normalized spacial score (nSPS) is 13.8. The summed E-state index contributed by atoms with van der Waals surface area (Å²) in [4.78, 5) is 35.4. The number of carbonyl (C=O) groups is 2. The summed E-state index contributed by atoms with van der Waals surface area (Å²) < 4.78 is 35.1. The van der Waals surface area contributed by atoms with Gasteiger partial charge in [0.2, 0.25) is 17.7 Å². The molecule has 11 nitrogen and oxygen atoms in total. The number of nitrogens with one attached hydrogen (secondary N) is 4. The van der Waals surface area contributed by atoms with Crippen molar-refractivity contribution in [2.45, 2.75) is 6.29 Å². The zero-order valence-electron chi connectivity index (χ0n) is 15.6. The number of ether oxygens (including phenoxy) is 2. The molecule has 4 aromatic rings. The number of halogens is 3. The first kappa shape index (κ1) is 19.7. The smallest absolute Gasteiger partial charge is 0.395 e. The molecular formula is C18H10ClF2N7O4. The third-order valence-electron chi connectivity index (χ3n) is 4.28. The molecule has 1 aliphatic heterocycles. The second kappa shape index (κ2) is 7.16. The fraction of sp³-hybridized carbons (Fsp3) is 0.0556. The van der Waals surface area contributed by atoms with E-state index >= 15 is 0 Å². The highest BCUT2D eigenvalue weighted by atomic mass is 35.5. The highest BCUT2D eigenvalue weighted by Crippen LogP contribution is 2.42. The topological polar surface area (TPSA) is 147 Å². The molecule has 4 N–H and O–H groups in total. The van der Waals surface area contributed by atoms with Crippen LogP contribution in [0, 0.1) is 0 Å². The lowest BCUT2D eigenvalue weighted by Gasteiger charge is -2.04. The van der Waals surface area contributed by atoms with E-state index in [0.717, 1.165) is 0 Å². The molecule has 3 heterocycles. The van der Waals surface area contributed by atoms with Crippen molar-refractivity contribution in [3.8, 4) is 11.5 Å². The van der Waals surface area contributed by atoms with E-state index in [1.165, 1.54) is 18.2 Å². The Kier molecular flexibility index (Phi) is 4.41. The van der Waals surface area contributed by atoms with Gasteiger partial charge in [-0.1, -0.05) is 23.7 Å². The zero-order chi connectivity index (χ0) is 22.5. The van der Waals surface area contributed by atoms with Crippen LogP contribution in [0.1, 0.15) is 21.0 Å². The summed E-state index contributed by atoms with van der Waals surface area (Å²) in [5.41, 5.74) is 0.793. The van der Waals surface area contributed by atoms with Crippen molar-refractivity contribution in [1.82, 2.24) is 25.1 Å². The Labute approximate surface area is 181 Å². The summed E-state index contributed by atoms with van der Waals surface area (Å²) in [6, 6.07) is 8.91. The summed E-state index contributed by atoms with van der Waals surface area (Å²) in [5.74, 6) is -1.97. The molecule has 5 rings (SSSR count). The molecule has 2 aromatic heterocycles. The van der Waals surface area contributed by atoms with Gasteiger partial charge in [0.1, 0.15) is 0 Å². The lowest BCUT2D eigenvalue weighted by Crippen LogP contribution is -2.25. The predicted molar refractivity (Wildman–Crippen MR) is 106 cm³/mol. The lowest BCUT2D eigenvalue weighted by atomic mass is 10.2. The van der Waals surface area contributed by atoms with Crippen molar-refractivity contribution in [3.05, 3.63) is 52.8 Å². The van der Waals surface area contributed by atoms with Gasteiger partial charge >= 0.3 is 6.29 Å². The third-order valence-corrected chi connectivity index (χ3v) is 4.61. The number of hydrogen-bond donors (Lipinski definition) is 4. The van der Waals surface area contributed by atoms with Gasteiger partial charge in [-0.2, -0.15) is 4.98 Å². The molecular weight excluding hydrogens is 452 g/mol. The number of H-pyrrole nitrogens is 2. The first-order valence-electron chi connectivity index (χ1n) is 8.87. The summed E-state index contributed by atoms with van der Waals surface area (Å²) in [5, 5.41) is 11.3. The minimum atomic E-state index is -3.75. The second-order valence-electron chi connectivity index (χ2n) is 6.46. The number of anilines is 2. The molecule has 2 aromatic carbocycles. The van der Waals surface area contributed by atoms with Crippen LogP contribution in [0.2, 0.25) is 5.02 Å². The Morgan fingerprint density at radius 1 is 1.03 bits per heavy atom. The van der Waals surface area contributed by atoms with Crippen LogP contribution in [0.4, 0.5) is 20.7 Å². The summed E-state index contributed by atoms with van der Waals surface area (Å²) >= 11 is 5.97. The fourth-order valence-corrected chi connectivity index (χ4v) is 3.14. The maximum Gasteiger partial charge on any atom is 0.586 e. The van der Waals surface area contributed by atoms with Crippen molar-refractivity contribution in [2.24, 2.45) is 0 Å². The van der Waals surface area contributed by atoms with Gasteiger partial charge in [0, 0.05) is 12.1 Å². The van der Waals surface area contributed by atoms with Crippen LogP contribution in [0.5, 0.6) is 11.5 Å². The molecule has 0 aliphatic carbocycles. The van der Waals surface area contributed by atoms with Gasteiger partial charge in [0.15, 0.2) is 11.5 Å². The number of hydrogen-bond acceptors (Lipinski definition) is 7. The minimum Gasteiger partial charge on any atom is -0.395 e. The summed E-state index contributed by atoms with van der Waals surface area (Å²) in [6.07, 6.45) is -3.75. The van der Waals surface area contributed by atoms with Crippen LogP contribution < -0.4 is 20.1 Å². The molecule has 0 saturated heterocycles. The van der Waals surface area contributed by atoms with E-state index in [1.54, 1.807) is 18.2 Å². The molecule has 0 unspecified atom stereocenters. The van der Waals surface area contributed by atoms with E-state index in [-0.39, 0.29) is 45.3 Å². The van der Waals surface area contributed by atoms with E-state index in [2.05, 4.69) is 45.3 Å². The second-order valence-corrected chi connectivity index (χ2v) is 6.87. The van der Waals surface area contributed by atoms with Crippen LogP contribution in [0.25, 0.3) is 11.0 Å². The largest absolute Gasteiger partial charge is 0.586 e. The molecule has 0 fully saturated rings. The molecule has 0 bridgehead atoms. The van der Waals surface area contributed by atoms with Crippen LogP contribution in [0.3, 0.4) is 0 Å². The number of rotatable bonds is 4. The number of imidazole rings is 1. The molecule has 14 heteroatoms. The lowest BCUT2D eigenvalue weighted by molar-refractivity contribution is -0.286. The average molecular weight is 462 g/mol. The van der Waals surface area contributed by atoms with Crippen LogP contribution in [-0.4, -0.2) is 43.3 Å². The van der Waals surface area contributed by atoms with E-state index in [9.17, 15) is 18.4 Å². The number of aromatic amines is 2. The zero-order valence-corrected chi connectivity index (χ0v) is 16.3. The van der Waals surface area contributed by atoms with E-state index in [1.807, 2.05) is 0 Å². The van der Waals surface area contributed by atoms with Gasteiger partial charge in [0.05, 0.1) is 21.6 Å². The van der Waals surface area contributed by atoms with Gasteiger partial charge in [-0.05, 0) is 12.1 Å². The molecule has 0 atom stereocenters. The number of carbonyl (C=O) groups excluding carboxylic acids is 2. The standard InChI is InChI=1S/C18H10ClF2N7O4/c19-8-4-2-1-3-7(8)14(29)25-17-24-13(27-28-17)15(30)26-16-22-9-5-11-12(6-10(9)23-16)32-18(20,21)31-11/h1-6H,(H2,22,23,26,30)(H2,24,25,27,28,29). The van der Waals surface area contributed by atoms with E-state index in [4.69, 9.17) is 11.6 Å². The van der Waals surface area contributed by atoms with Gasteiger partial charge in [-0.15, -0.1) is 13.9 Å². The van der Waals surface area contributed by atoms with E-state index in [0.29, 0.717) is 5.52 Å². The van der Waals surface area contributed by atoms with Crippen molar-refractivity contribution in [1.29, 1.82) is 0 Å². The van der Waals surface area contributed by atoms with Gasteiger partial charge in [-0.3, -0.25) is 25.3 Å². The molecule has 0 spiro atoms. The summed E-state index contributed by atoms with van der Waals surface area (Å²) in [7, 11) is 0. The maximum atomic E-state index is 13.1. The van der Waals surface area contributed by atoms with Crippen LogP contribution >= 0.6 is 11.6 Å². The van der Waals surface area contributed by atoms with Crippen molar-refractivity contribution in [3.63, 3.8) is 0 Å². The van der Waals surface area contributed by atoms with Gasteiger partial charge in [-0.25, -0.2) is 4.98 Å². The highest BCUT2D eigenvalue weighted by Gasteiger charge is 2.43. The molecule has 162 valence electrons. The van der Waals surface area contributed by atoms with Crippen molar-refractivity contribution in [2.75, 3.05) is 10.6 Å². The summed E-state index contributed by atoms with van der Waals surface area (Å²) in [6.45, 7) is 0. The molecule has 2 amide bonds. The average Bonchev–Trinajstić information content (AvgIpc) is 3.41. The number of benzene rings is 2. The van der Waals surface area contributed by atoms with Crippen molar-refractivity contribution >= 4 is 46.3 Å². The minimum absolute atomic E-state index is 0.0125. The number of fused-ring (bicyclic) bond motifs is 2. The predicted octanol–water partition coefficient (Wildman–Crippen LogP) is 3.16. The quantitative estimate of drug-likeness (QED) is 0.365. The Morgan fingerprint density at radius 2 is 1.78 bits per heavy atom. The number of alkyl halides is 2. The van der Waals surface area contributed by atoms with Crippen molar-refractivity contribution < 1.29 is 27.8 Å². The first-order valence-corrected chi connectivity index (χ1v) is 9.24. The fourth-order valence-electron chi connectivity index (χ4n) is 2.91. The third kappa shape index (κ3) is 3.65. The molecule has 1 aliphatic rings. The highest BCUT2D eigenvalue weighted by molar-refractivity contribution is 6.34. The van der Waals surface area contributed by atoms with Crippen LogP contribution in [-0.2, 0) is 0 Å².